The Morgan fingerprint density at radius 3 is 2.39 bits per heavy atom. The molecule has 150 valence electrons. The highest BCUT2D eigenvalue weighted by molar-refractivity contribution is 5.88. The standard InChI is InChI=1S/C24H31NO3/c1-2-3-4-5-6-7-8-9-17-23(26)25-22(24(27)28)18-20-15-12-14-19-13-10-11-16-21(19)20/h2,10-16,22H,1,3-9,17-18H2,(H,25,26)(H,27,28)/t22-/m0/s1. The highest BCUT2D eigenvalue weighted by Gasteiger charge is 2.21. The van der Waals surface area contributed by atoms with Crippen LogP contribution in [0.15, 0.2) is 55.1 Å². The Labute approximate surface area is 167 Å². The monoisotopic (exact) mass is 381 g/mol. The van der Waals surface area contributed by atoms with Crippen LogP contribution in [0.2, 0.25) is 0 Å². The number of carbonyl (C=O) groups excluding carboxylic acids is 1. The van der Waals surface area contributed by atoms with Crippen LogP contribution in [-0.4, -0.2) is 23.0 Å². The topological polar surface area (TPSA) is 66.4 Å². The Bertz CT molecular complexity index is 779. The largest absolute Gasteiger partial charge is 0.480 e. The van der Waals surface area contributed by atoms with E-state index in [9.17, 15) is 14.7 Å². The highest BCUT2D eigenvalue weighted by Crippen LogP contribution is 2.20. The van der Waals surface area contributed by atoms with Gasteiger partial charge in [-0.2, -0.15) is 0 Å². The fourth-order valence-electron chi connectivity index (χ4n) is 3.44. The van der Waals surface area contributed by atoms with E-state index in [2.05, 4.69) is 11.9 Å². The molecule has 0 fully saturated rings. The molecular formula is C24H31NO3. The summed E-state index contributed by atoms with van der Waals surface area (Å²) in [5, 5.41) is 14.3. The molecule has 0 heterocycles. The molecule has 2 N–H and O–H groups in total. The average molecular weight is 382 g/mol. The Morgan fingerprint density at radius 2 is 1.64 bits per heavy atom. The highest BCUT2D eigenvalue weighted by atomic mass is 16.4. The van der Waals surface area contributed by atoms with Gasteiger partial charge in [0.1, 0.15) is 6.04 Å². The number of unbranched alkanes of at least 4 members (excludes halogenated alkanes) is 6. The summed E-state index contributed by atoms with van der Waals surface area (Å²) < 4.78 is 0. The summed E-state index contributed by atoms with van der Waals surface area (Å²) in [6, 6.07) is 12.8. The molecule has 0 aromatic heterocycles. The van der Waals surface area contributed by atoms with Gasteiger partial charge in [0, 0.05) is 12.8 Å². The van der Waals surface area contributed by atoms with Gasteiger partial charge in [-0.1, -0.05) is 74.2 Å². The molecule has 0 saturated heterocycles. The normalized spacial score (nSPS) is 11.9. The molecule has 1 atom stereocenters. The number of carboxylic acids is 1. The quantitative estimate of drug-likeness (QED) is 0.367. The van der Waals surface area contributed by atoms with Gasteiger partial charge in [0.2, 0.25) is 5.91 Å². The predicted octanol–water partition coefficient (Wildman–Crippen LogP) is 5.26. The summed E-state index contributed by atoms with van der Waals surface area (Å²) in [7, 11) is 0. The molecule has 0 aliphatic carbocycles. The van der Waals surface area contributed by atoms with Crippen molar-refractivity contribution in [1.29, 1.82) is 0 Å². The van der Waals surface area contributed by atoms with E-state index in [1.807, 2.05) is 48.5 Å². The zero-order valence-corrected chi connectivity index (χ0v) is 16.5. The molecule has 0 unspecified atom stereocenters. The molecular weight excluding hydrogens is 350 g/mol. The second kappa shape index (κ2) is 12.0. The lowest BCUT2D eigenvalue weighted by Crippen LogP contribution is -2.42. The zero-order chi connectivity index (χ0) is 20.2. The summed E-state index contributed by atoms with van der Waals surface area (Å²) >= 11 is 0. The number of aliphatic carboxylic acids is 1. The maximum atomic E-state index is 12.2. The van der Waals surface area contributed by atoms with Gasteiger partial charge in [-0.3, -0.25) is 4.79 Å². The van der Waals surface area contributed by atoms with Crippen molar-refractivity contribution < 1.29 is 14.7 Å². The van der Waals surface area contributed by atoms with Gasteiger partial charge in [-0.15, -0.1) is 6.58 Å². The molecule has 0 saturated carbocycles. The van der Waals surface area contributed by atoms with E-state index in [1.54, 1.807) is 0 Å². The van der Waals surface area contributed by atoms with Crippen molar-refractivity contribution in [2.45, 2.75) is 63.8 Å². The number of hydrogen-bond donors (Lipinski definition) is 2. The molecule has 2 aromatic rings. The van der Waals surface area contributed by atoms with Gasteiger partial charge in [0.05, 0.1) is 0 Å². The van der Waals surface area contributed by atoms with E-state index >= 15 is 0 Å². The lowest BCUT2D eigenvalue weighted by atomic mass is 9.98. The number of hydrogen-bond acceptors (Lipinski definition) is 2. The number of rotatable bonds is 13. The first-order chi connectivity index (χ1) is 13.6. The Hall–Kier alpha value is -2.62. The first-order valence-corrected chi connectivity index (χ1v) is 10.2. The summed E-state index contributed by atoms with van der Waals surface area (Å²) in [6.45, 7) is 3.72. The number of allylic oxidation sites excluding steroid dienone is 1. The Kier molecular flexibility index (Phi) is 9.26. The lowest BCUT2D eigenvalue weighted by molar-refractivity contribution is -0.141. The molecule has 28 heavy (non-hydrogen) atoms. The van der Waals surface area contributed by atoms with Crippen LogP contribution >= 0.6 is 0 Å². The third-order valence-electron chi connectivity index (χ3n) is 5.00. The van der Waals surface area contributed by atoms with E-state index < -0.39 is 12.0 Å². The van der Waals surface area contributed by atoms with Crippen molar-refractivity contribution in [3.05, 3.63) is 60.7 Å². The maximum absolute atomic E-state index is 12.2. The van der Waals surface area contributed by atoms with Crippen molar-refractivity contribution in [3.63, 3.8) is 0 Å². The molecule has 4 heteroatoms. The van der Waals surface area contributed by atoms with Crippen LogP contribution in [-0.2, 0) is 16.0 Å². The Balaban J connectivity index is 1.80. The molecule has 0 bridgehead atoms. The minimum absolute atomic E-state index is 0.181. The van der Waals surface area contributed by atoms with Gasteiger partial charge < -0.3 is 10.4 Å². The van der Waals surface area contributed by atoms with Crippen molar-refractivity contribution in [1.82, 2.24) is 5.32 Å². The van der Waals surface area contributed by atoms with Gasteiger partial charge >= 0.3 is 5.97 Å². The Morgan fingerprint density at radius 1 is 0.964 bits per heavy atom. The minimum atomic E-state index is -0.997. The predicted molar refractivity (Wildman–Crippen MR) is 114 cm³/mol. The molecule has 2 rings (SSSR count). The second-order valence-corrected chi connectivity index (χ2v) is 7.25. The maximum Gasteiger partial charge on any atom is 0.326 e. The van der Waals surface area contributed by atoms with Crippen molar-refractivity contribution in [2.75, 3.05) is 0 Å². The lowest BCUT2D eigenvalue weighted by Gasteiger charge is -2.16. The first-order valence-electron chi connectivity index (χ1n) is 10.2. The molecule has 0 aliphatic heterocycles. The summed E-state index contributed by atoms with van der Waals surface area (Å²) in [4.78, 5) is 23.9. The number of amides is 1. The zero-order valence-electron chi connectivity index (χ0n) is 16.5. The second-order valence-electron chi connectivity index (χ2n) is 7.25. The van der Waals surface area contributed by atoms with E-state index in [-0.39, 0.29) is 12.3 Å². The SMILES string of the molecule is C=CCCCCCCCCC(=O)N[C@@H](Cc1cccc2ccccc12)C(=O)O. The van der Waals surface area contributed by atoms with Crippen LogP contribution < -0.4 is 5.32 Å². The van der Waals surface area contributed by atoms with Crippen LogP contribution in [0, 0.1) is 0 Å². The third kappa shape index (κ3) is 7.18. The third-order valence-corrected chi connectivity index (χ3v) is 5.00. The van der Waals surface area contributed by atoms with Crippen molar-refractivity contribution >= 4 is 22.6 Å². The van der Waals surface area contributed by atoms with Crippen LogP contribution in [0.4, 0.5) is 0 Å². The number of nitrogens with one attached hydrogen (secondary N) is 1. The van der Waals surface area contributed by atoms with Gasteiger partial charge in [0.25, 0.3) is 0 Å². The fourth-order valence-corrected chi connectivity index (χ4v) is 3.44. The van der Waals surface area contributed by atoms with E-state index in [4.69, 9.17) is 0 Å². The average Bonchev–Trinajstić information content (AvgIpc) is 2.69. The van der Waals surface area contributed by atoms with Gasteiger partial charge in [-0.05, 0) is 35.6 Å². The number of carbonyl (C=O) groups is 2. The molecule has 0 spiro atoms. The van der Waals surface area contributed by atoms with E-state index in [0.29, 0.717) is 6.42 Å². The number of fused-ring (bicyclic) bond motifs is 1. The molecule has 2 aromatic carbocycles. The summed E-state index contributed by atoms with van der Waals surface area (Å²) in [6.07, 6.45) is 10.1. The number of carboxylic acid groups (broad SMARTS) is 1. The fraction of sp³-hybridized carbons (Fsp3) is 0.417. The van der Waals surface area contributed by atoms with Crippen molar-refractivity contribution in [3.8, 4) is 0 Å². The molecule has 4 nitrogen and oxygen atoms in total. The van der Waals surface area contributed by atoms with E-state index in [1.165, 1.54) is 19.3 Å². The van der Waals surface area contributed by atoms with Crippen LogP contribution in [0.25, 0.3) is 10.8 Å². The van der Waals surface area contributed by atoms with Crippen LogP contribution in [0.1, 0.15) is 56.9 Å². The first kappa shape index (κ1) is 21.7. The molecule has 0 radical (unpaired) electrons. The van der Waals surface area contributed by atoms with Crippen LogP contribution in [0.3, 0.4) is 0 Å². The van der Waals surface area contributed by atoms with Gasteiger partial charge in [-0.25, -0.2) is 4.79 Å². The van der Waals surface area contributed by atoms with Crippen molar-refractivity contribution in [2.24, 2.45) is 0 Å². The summed E-state index contributed by atoms with van der Waals surface area (Å²) in [5.74, 6) is -1.18. The van der Waals surface area contributed by atoms with Crippen LogP contribution in [0.5, 0.6) is 0 Å². The summed E-state index contributed by atoms with van der Waals surface area (Å²) in [5.41, 5.74) is 0.935. The smallest absolute Gasteiger partial charge is 0.326 e. The number of benzene rings is 2. The minimum Gasteiger partial charge on any atom is -0.480 e. The van der Waals surface area contributed by atoms with Gasteiger partial charge in [0.15, 0.2) is 0 Å². The molecule has 1 amide bonds. The molecule has 0 aliphatic rings. The van der Waals surface area contributed by atoms with E-state index in [0.717, 1.165) is 42.0 Å².